The van der Waals surface area contributed by atoms with Gasteiger partial charge in [0.15, 0.2) is 0 Å². The Bertz CT molecular complexity index is 232. The van der Waals surface area contributed by atoms with E-state index in [1.54, 1.807) is 18.0 Å². The van der Waals surface area contributed by atoms with Gasteiger partial charge < -0.3 is 5.73 Å². The first-order valence-corrected chi connectivity index (χ1v) is 5.12. The number of aromatic nitrogens is 1. The number of hydrogen-bond donors (Lipinski definition) is 1. The molecule has 0 spiro atoms. The second kappa shape index (κ2) is 3.92. The van der Waals surface area contributed by atoms with Crippen molar-refractivity contribution in [2.24, 2.45) is 5.73 Å². The molecule has 0 fully saturated rings. The van der Waals surface area contributed by atoms with Crippen LogP contribution in [0.5, 0.6) is 0 Å². The van der Waals surface area contributed by atoms with Crippen LogP contribution in [0.2, 0.25) is 0 Å². The zero-order chi connectivity index (χ0) is 9.03. The van der Waals surface area contributed by atoms with Gasteiger partial charge in [0.05, 0.1) is 10.4 Å². The molecule has 2 N–H and O–H groups in total. The molecule has 0 aliphatic heterocycles. The summed E-state index contributed by atoms with van der Waals surface area (Å²) in [5.74, 6) is 0. The standard InChI is InChI=1S/C9H14N2S/c1-9(7-10,12-2)8-5-3-4-6-11-8/h3-6H,7,10H2,1-2H3. The summed E-state index contributed by atoms with van der Waals surface area (Å²) in [6, 6.07) is 5.93. The molecule has 66 valence electrons. The lowest BCUT2D eigenvalue weighted by Crippen LogP contribution is -2.28. The molecule has 1 unspecified atom stereocenters. The SMILES string of the molecule is CSC(C)(CN)c1ccccn1. The van der Waals surface area contributed by atoms with Gasteiger partial charge in [-0.15, -0.1) is 0 Å². The molecule has 0 bridgehead atoms. The highest BCUT2D eigenvalue weighted by Gasteiger charge is 2.24. The molecule has 1 aromatic heterocycles. The minimum atomic E-state index is -0.0404. The van der Waals surface area contributed by atoms with Crippen LogP contribution >= 0.6 is 11.8 Å². The average molecular weight is 182 g/mol. The summed E-state index contributed by atoms with van der Waals surface area (Å²) < 4.78 is -0.0404. The molecule has 1 rings (SSSR count). The zero-order valence-corrected chi connectivity index (χ0v) is 8.27. The Morgan fingerprint density at radius 3 is 2.75 bits per heavy atom. The molecule has 0 saturated carbocycles. The van der Waals surface area contributed by atoms with Crippen LogP contribution < -0.4 is 5.73 Å². The highest BCUT2D eigenvalue weighted by atomic mass is 32.2. The normalized spacial score (nSPS) is 15.6. The maximum atomic E-state index is 5.69. The smallest absolute Gasteiger partial charge is 0.0671 e. The maximum Gasteiger partial charge on any atom is 0.0671 e. The van der Waals surface area contributed by atoms with E-state index in [-0.39, 0.29) is 4.75 Å². The first kappa shape index (κ1) is 9.55. The first-order valence-electron chi connectivity index (χ1n) is 3.89. The van der Waals surface area contributed by atoms with E-state index in [1.165, 1.54) is 0 Å². The molecule has 3 heteroatoms. The fraction of sp³-hybridized carbons (Fsp3) is 0.444. The Morgan fingerprint density at radius 1 is 1.58 bits per heavy atom. The summed E-state index contributed by atoms with van der Waals surface area (Å²) in [5.41, 5.74) is 6.74. The minimum Gasteiger partial charge on any atom is -0.329 e. The van der Waals surface area contributed by atoms with Crippen molar-refractivity contribution in [3.8, 4) is 0 Å². The summed E-state index contributed by atoms with van der Waals surface area (Å²) >= 11 is 1.74. The maximum absolute atomic E-state index is 5.69. The van der Waals surface area contributed by atoms with Crippen LogP contribution in [0.3, 0.4) is 0 Å². The van der Waals surface area contributed by atoms with Gasteiger partial charge in [-0.05, 0) is 25.3 Å². The summed E-state index contributed by atoms with van der Waals surface area (Å²) in [7, 11) is 0. The summed E-state index contributed by atoms with van der Waals surface area (Å²) in [6.45, 7) is 2.73. The first-order chi connectivity index (χ1) is 5.73. The summed E-state index contributed by atoms with van der Waals surface area (Å²) in [5, 5.41) is 0. The van der Waals surface area contributed by atoms with Crippen molar-refractivity contribution in [1.29, 1.82) is 0 Å². The third kappa shape index (κ3) is 1.79. The van der Waals surface area contributed by atoms with Gasteiger partial charge in [-0.2, -0.15) is 11.8 Å². The van der Waals surface area contributed by atoms with Crippen molar-refractivity contribution in [3.05, 3.63) is 30.1 Å². The Balaban J connectivity index is 2.95. The summed E-state index contributed by atoms with van der Waals surface area (Å²) in [4.78, 5) is 4.29. The third-order valence-electron chi connectivity index (χ3n) is 2.05. The van der Waals surface area contributed by atoms with Gasteiger partial charge in [-0.1, -0.05) is 6.07 Å². The average Bonchev–Trinajstić information content (AvgIpc) is 2.18. The van der Waals surface area contributed by atoms with Crippen molar-refractivity contribution in [3.63, 3.8) is 0 Å². The molecule has 0 aliphatic carbocycles. The minimum absolute atomic E-state index is 0.0404. The number of hydrogen-bond acceptors (Lipinski definition) is 3. The van der Waals surface area contributed by atoms with Gasteiger partial charge in [0.1, 0.15) is 0 Å². The Morgan fingerprint density at radius 2 is 2.33 bits per heavy atom. The highest BCUT2D eigenvalue weighted by Crippen LogP contribution is 2.31. The van der Waals surface area contributed by atoms with E-state index in [2.05, 4.69) is 18.2 Å². The van der Waals surface area contributed by atoms with E-state index in [4.69, 9.17) is 5.73 Å². The topological polar surface area (TPSA) is 38.9 Å². The van der Waals surface area contributed by atoms with E-state index in [9.17, 15) is 0 Å². The van der Waals surface area contributed by atoms with Crippen molar-refractivity contribution >= 4 is 11.8 Å². The van der Waals surface area contributed by atoms with E-state index in [0.29, 0.717) is 6.54 Å². The molecule has 1 atom stereocenters. The monoisotopic (exact) mass is 182 g/mol. The predicted octanol–water partition coefficient (Wildman–Crippen LogP) is 1.62. The van der Waals surface area contributed by atoms with E-state index in [0.717, 1.165) is 5.69 Å². The third-order valence-corrected chi connectivity index (χ3v) is 3.32. The van der Waals surface area contributed by atoms with E-state index < -0.39 is 0 Å². The number of thioether (sulfide) groups is 1. The molecule has 1 heterocycles. The van der Waals surface area contributed by atoms with Crippen LogP contribution in [0, 0.1) is 0 Å². The Labute approximate surface area is 77.6 Å². The molecule has 0 aliphatic rings. The van der Waals surface area contributed by atoms with Gasteiger partial charge in [0.2, 0.25) is 0 Å². The van der Waals surface area contributed by atoms with Crippen LogP contribution in [0.1, 0.15) is 12.6 Å². The van der Waals surface area contributed by atoms with Crippen molar-refractivity contribution in [2.45, 2.75) is 11.7 Å². The summed E-state index contributed by atoms with van der Waals surface area (Å²) in [6.07, 6.45) is 3.86. The second-order valence-electron chi connectivity index (χ2n) is 2.85. The molecule has 0 radical (unpaired) electrons. The van der Waals surface area contributed by atoms with Crippen LogP contribution in [0.25, 0.3) is 0 Å². The van der Waals surface area contributed by atoms with Gasteiger partial charge in [-0.3, -0.25) is 4.98 Å². The number of nitrogens with two attached hydrogens (primary N) is 1. The van der Waals surface area contributed by atoms with E-state index in [1.807, 2.05) is 18.2 Å². The molecule has 12 heavy (non-hydrogen) atoms. The van der Waals surface area contributed by atoms with Crippen LogP contribution in [0.15, 0.2) is 24.4 Å². The van der Waals surface area contributed by atoms with Crippen LogP contribution in [-0.4, -0.2) is 17.8 Å². The lowest BCUT2D eigenvalue weighted by atomic mass is 10.1. The quantitative estimate of drug-likeness (QED) is 0.772. The van der Waals surface area contributed by atoms with Crippen LogP contribution in [-0.2, 0) is 4.75 Å². The van der Waals surface area contributed by atoms with Gasteiger partial charge in [-0.25, -0.2) is 0 Å². The van der Waals surface area contributed by atoms with E-state index >= 15 is 0 Å². The number of nitrogens with zero attached hydrogens (tertiary/aromatic N) is 1. The van der Waals surface area contributed by atoms with Crippen molar-refractivity contribution in [1.82, 2.24) is 4.98 Å². The Kier molecular flexibility index (Phi) is 3.12. The fourth-order valence-corrected chi connectivity index (χ4v) is 1.46. The highest BCUT2D eigenvalue weighted by molar-refractivity contribution is 7.99. The van der Waals surface area contributed by atoms with Gasteiger partial charge in [0.25, 0.3) is 0 Å². The molecular weight excluding hydrogens is 168 g/mol. The van der Waals surface area contributed by atoms with Crippen molar-refractivity contribution in [2.75, 3.05) is 12.8 Å². The molecule has 2 nitrogen and oxygen atoms in total. The number of rotatable bonds is 3. The Hall–Kier alpha value is -0.540. The molecule has 1 aromatic rings. The zero-order valence-electron chi connectivity index (χ0n) is 7.45. The lowest BCUT2D eigenvalue weighted by Gasteiger charge is -2.24. The van der Waals surface area contributed by atoms with Gasteiger partial charge in [0, 0.05) is 12.7 Å². The largest absolute Gasteiger partial charge is 0.329 e. The second-order valence-corrected chi connectivity index (χ2v) is 4.16. The van der Waals surface area contributed by atoms with Crippen LogP contribution in [0.4, 0.5) is 0 Å². The molecule has 0 amide bonds. The predicted molar refractivity (Wildman–Crippen MR) is 54.2 cm³/mol. The number of pyridine rings is 1. The molecule has 0 saturated heterocycles. The molecular formula is C9H14N2S. The lowest BCUT2D eigenvalue weighted by molar-refractivity contribution is 0.680. The van der Waals surface area contributed by atoms with Crippen molar-refractivity contribution < 1.29 is 0 Å². The molecule has 0 aromatic carbocycles. The fourth-order valence-electron chi connectivity index (χ4n) is 0.968. The van der Waals surface area contributed by atoms with Gasteiger partial charge >= 0.3 is 0 Å².